The molecule has 1 aliphatic heterocycles. The normalized spacial score (nSPS) is 16.1. The highest BCUT2D eigenvalue weighted by Gasteiger charge is 2.28. The minimum atomic E-state index is -0.282. The topological polar surface area (TPSA) is 67.2 Å². The van der Waals surface area contributed by atoms with Crippen molar-refractivity contribution in [2.24, 2.45) is 13.0 Å². The van der Waals surface area contributed by atoms with Crippen LogP contribution < -0.4 is 5.32 Å². The van der Waals surface area contributed by atoms with E-state index in [4.69, 9.17) is 0 Å². The summed E-state index contributed by atoms with van der Waals surface area (Å²) in [6, 6.07) is 13.8. The summed E-state index contributed by atoms with van der Waals surface area (Å²) in [6.45, 7) is 1.13. The molecule has 166 valence electrons. The van der Waals surface area contributed by atoms with E-state index in [0.717, 1.165) is 29.5 Å². The minimum Gasteiger partial charge on any atom is -0.342 e. The maximum Gasteiger partial charge on any atom is 0.229 e. The first kappa shape index (κ1) is 21.7. The van der Waals surface area contributed by atoms with Gasteiger partial charge in [-0.2, -0.15) is 5.10 Å². The van der Waals surface area contributed by atoms with E-state index in [-0.39, 0.29) is 23.5 Å². The molecule has 32 heavy (non-hydrogen) atoms. The predicted octanol–water partition coefficient (Wildman–Crippen LogP) is 4.04. The molecule has 2 aromatic carbocycles. The lowest BCUT2D eigenvalue weighted by Gasteiger charge is -2.32. The Morgan fingerprint density at radius 3 is 2.72 bits per heavy atom. The fraction of sp³-hybridized carbons (Fsp3) is 0.320. The average Bonchev–Trinajstić information content (AvgIpc) is 3.23. The first-order valence-corrected chi connectivity index (χ1v) is 10.9. The summed E-state index contributed by atoms with van der Waals surface area (Å²) in [7, 11) is 1.86. The first-order chi connectivity index (χ1) is 15.5. The van der Waals surface area contributed by atoms with E-state index in [1.54, 1.807) is 27.9 Å². The van der Waals surface area contributed by atoms with Crippen molar-refractivity contribution in [2.45, 2.75) is 25.7 Å². The molecule has 0 aliphatic carbocycles. The number of amides is 2. The van der Waals surface area contributed by atoms with E-state index >= 15 is 0 Å². The monoisotopic (exact) mass is 434 g/mol. The Morgan fingerprint density at radius 2 is 1.97 bits per heavy atom. The van der Waals surface area contributed by atoms with Gasteiger partial charge in [-0.05, 0) is 60.2 Å². The van der Waals surface area contributed by atoms with Gasteiger partial charge >= 0.3 is 0 Å². The summed E-state index contributed by atoms with van der Waals surface area (Å²) >= 11 is 0. The van der Waals surface area contributed by atoms with Crippen LogP contribution in [0.2, 0.25) is 0 Å². The molecule has 1 aromatic heterocycles. The van der Waals surface area contributed by atoms with Gasteiger partial charge in [0.25, 0.3) is 0 Å². The molecule has 0 bridgehead atoms. The van der Waals surface area contributed by atoms with Crippen LogP contribution in [0.3, 0.4) is 0 Å². The van der Waals surface area contributed by atoms with Gasteiger partial charge in [0.1, 0.15) is 5.82 Å². The zero-order valence-corrected chi connectivity index (χ0v) is 18.1. The van der Waals surface area contributed by atoms with Crippen molar-refractivity contribution in [2.75, 3.05) is 18.4 Å². The number of carbonyl (C=O) groups is 2. The van der Waals surface area contributed by atoms with E-state index in [0.29, 0.717) is 31.6 Å². The first-order valence-electron chi connectivity index (χ1n) is 10.9. The molecule has 1 N–H and O–H groups in total. The second-order valence-electron chi connectivity index (χ2n) is 8.28. The Labute approximate surface area is 187 Å². The van der Waals surface area contributed by atoms with Crippen LogP contribution in [0.15, 0.2) is 60.9 Å². The third-order valence-corrected chi connectivity index (χ3v) is 5.84. The van der Waals surface area contributed by atoms with Gasteiger partial charge in [0.15, 0.2) is 0 Å². The van der Waals surface area contributed by atoms with Gasteiger partial charge in [-0.3, -0.25) is 14.3 Å². The van der Waals surface area contributed by atoms with Gasteiger partial charge in [-0.15, -0.1) is 0 Å². The fourth-order valence-corrected chi connectivity index (χ4v) is 4.09. The van der Waals surface area contributed by atoms with Gasteiger partial charge in [0.2, 0.25) is 11.8 Å². The molecule has 7 heteroatoms. The van der Waals surface area contributed by atoms with Crippen LogP contribution >= 0.6 is 0 Å². The Balaban J connectivity index is 1.34. The molecule has 2 heterocycles. The number of aryl methyl sites for hydroxylation is 2. The lowest BCUT2D eigenvalue weighted by molar-refractivity contribution is -0.134. The molecule has 0 spiro atoms. The summed E-state index contributed by atoms with van der Waals surface area (Å²) in [5.41, 5.74) is 3.51. The summed E-state index contributed by atoms with van der Waals surface area (Å²) in [4.78, 5) is 27.4. The Bertz CT molecular complexity index is 1090. The number of piperidine rings is 1. The number of hydrogen-bond donors (Lipinski definition) is 1. The number of aromatic nitrogens is 2. The lowest BCUT2D eigenvalue weighted by atomic mass is 9.96. The standard InChI is InChI=1S/C25H27FN4O2/c1-29-16-18(15-27-29)7-12-24(31)30-13-3-5-21(17-30)25(32)28-23-6-2-4-20(14-23)19-8-10-22(26)11-9-19/h2,4,6,8-11,14-16,21H,3,5,7,12-13,17H2,1H3,(H,28,32)/t21-/m1/s1. The summed E-state index contributed by atoms with van der Waals surface area (Å²) in [5.74, 6) is -0.522. The predicted molar refractivity (Wildman–Crippen MR) is 121 cm³/mol. The quantitative estimate of drug-likeness (QED) is 0.637. The van der Waals surface area contributed by atoms with Crippen LogP contribution in [0.25, 0.3) is 11.1 Å². The molecule has 6 nitrogen and oxygen atoms in total. The zero-order chi connectivity index (χ0) is 22.5. The van der Waals surface area contributed by atoms with Gasteiger partial charge < -0.3 is 10.2 Å². The van der Waals surface area contributed by atoms with Gasteiger partial charge in [-0.25, -0.2) is 4.39 Å². The number of carbonyl (C=O) groups excluding carboxylic acids is 2. The number of nitrogens with one attached hydrogen (secondary N) is 1. The molecule has 3 aromatic rings. The van der Waals surface area contributed by atoms with Crippen molar-refractivity contribution < 1.29 is 14.0 Å². The zero-order valence-electron chi connectivity index (χ0n) is 18.1. The molecule has 1 aliphatic rings. The summed E-state index contributed by atoms with van der Waals surface area (Å²) in [5, 5.41) is 7.12. The fourth-order valence-electron chi connectivity index (χ4n) is 4.09. The van der Waals surface area contributed by atoms with Crippen molar-refractivity contribution >= 4 is 17.5 Å². The van der Waals surface area contributed by atoms with Crippen molar-refractivity contribution in [3.8, 4) is 11.1 Å². The molecule has 0 unspecified atom stereocenters. The highest BCUT2D eigenvalue weighted by molar-refractivity contribution is 5.93. The van der Waals surface area contributed by atoms with E-state index in [1.165, 1.54) is 12.1 Å². The summed E-state index contributed by atoms with van der Waals surface area (Å²) in [6.07, 6.45) is 6.33. The number of likely N-dealkylation sites (tertiary alicyclic amines) is 1. The molecule has 1 fully saturated rings. The number of rotatable bonds is 6. The molecule has 1 atom stereocenters. The van der Waals surface area contributed by atoms with E-state index in [1.807, 2.05) is 37.5 Å². The lowest BCUT2D eigenvalue weighted by Crippen LogP contribution is -2.43. The Hall–Kier alpha value is -3.48. The minimum absolute atomic E-state index is 0.0738. The number of nitrogens with zero attached hydrogens (tertiary/aromatic N) is 3. The second kappa shape index (κ2) is 9.77. The second-order valence-corrected chi connectivity index (χ2v) is 8.28. The van der Waals surface area contributed by atoms with Crippen LogP contribution in [0.4, 0.5) is 10.1 Å². The van der Waals surface area contributed by atoms with Gasteiger partial charge in [-0.1, -0.05) is 24.3 Å². The van der Waals surface area contributed by atoms with Crippen molar-refractivity contribution in [1.82, 2.24) is 14.7 Å². The number of hydrogen-bond acceptors (Lipinski definition) is 3. The third kappa shape index (κ3) is 5.41. The number of anilines is 1. The van der Waals surface area contributed by atoms with Crippen LogP contribution in [0, 0.1) is 11.7 Å². The summed E-state index contributed by atoms with van der Waals surface area (Å²) < 4.78 is 14.9. The molecule has 0 saturated carbocycles. The SMILES string of the molecule is Cn1cc(CCC(=O)N2CCC[C@@H](C(=O)Nc3cccc(-c4ccc(F)cc4)c3)C2)cn1. The largest absolute Gasteiger partial charge is 0.342 e. The highest BCUT2D eigenvalue weighted by atomic mass is 19.1. The van der Waals surface area contributed by atoms with E-state index in [9.17, 15) is 14.0 Å². The third-order valence-electron chi connectivity index (χ3n) is 5.84. The molecular weight excluding hydrogens is 407 g/mol. The molecule has 0 radical (unpaired) electrons. The average molecular weight is 435 g/mol. The molecule has 2 amide bonds. The van der Waals surface area contributed by atoms with Gasteiger partial charge in [0.05, 0.1) is 12.1 Å². The molecule has 1 saturated heterocycles. The molecular formula is C25H27FN4O2. The van der Waals surface area contributed by atoms with Crippen LogP contribution in [0.1, 0.15) is 24.8 Å². The van der Waals surface area contributed by atoms with Crippen molar-refractivity contribution in [3.05, 3.63) is 72.3 Å². The smallest absolute Gasteiger partial charge is 0.229 e. The van der Waals surface area contributed by atoms with Gasteiger partial charge in [0, 0.05) is 38.4 Å². The number of halogens is 1. The molecule has 4 rings (SSSR count). The van der Waals surface area contributed by atoms with E-state index < -0.39 is 0 Å². The number of benzene rings is 2. The van der Waals surface area contributed by atoms with Crippen molar-refractivity contribution in [3.63, 3.8) is 0 Å². The maximum atomic E-state index is 13.2. The maximum absolute atomic E-state index is 13.2. The van der Waals surface area contributed by atoms with Crippen LogP contribution in [-0.4, -0.2) is 39.6 Å². The highest BCUT2D eigenvalue weighted by Crippen LogP contribution is 2.24. The van der Waals surface area contributed by atoms with Crippen LogP contribution in [-0.2, 0) is 23.1 Å². The Kier molecular flexibility index (Phi) is 6.63. The van der Waals surface area contributed by atoms with Crippen LogP contribution in [0.5, 0.6) is 0 Å². The van der Waals surface area contributed by atoms with Crippen molar-refractivity contribution in [1.29, 1.82) is 0 Å². The van der Waals surface area contributed by atoms with E-state index in [2.05, 4.69) is 10.4 Å². The Morgan fingerprint density at radius 1 is 1.16 bits per heavy atom.